The largest absolute Gasteiger partial charge is 0.493 e. The predicted octanol–water partition coefficient (Wildman–Crippen LogP) is 3.28. The van der Waals surface area contributed by atoms with Gasteiger partial charge in [0.2, 0.25) is 0 Å². The minimum absolute atomic E-state index is 0.344. The van der Waals surface area contributed by atoms with Gasteiger partial charge in [0.25, 0.3) is 0 Å². The summed E-state index contributed by atoms with van der Waals surface area (Å²) in [5, 5.41) is 9.53. The van der Waals surface area contributed by atoms with Gasteiger partial charge in [-0.1, -0.05) is 32.0 Å². The van der Waals surface area contributed by atoms with Crippen LogP contribution in [0.25, 0.3) is 0 Å². The number of hydrogen-bond acceptors (Lipinski definition) is 2. The summed E-state index contributed by atoms with van der Waals surface area (Å²) in [6.07, 6.45) is 1.71. The zero-order valence-electron chi connectivity index (χ0n) is 9.86. The second kappa shape index (κ2) is 4.17. The molecule has 16 heavy (non-hydrogen) atoms. The maximum atomic E-state index is 9.53. The smallest absolute Gasteiger partial charge is 0.124 e. The third-order valence-corrected chi connectivity index (χ3v) is 3.16. The van der Waals surface area contributed by atoms with Crippen LogP contribution in [0.1, 0.15) is 32.3 Å². The lowest BCUT2D eigenvalue weighted by Gasteiger charge is -2.34. The van der Waals surface area contributed by atoms with E-state index < -0.39 is 0 Å². The lowest BCUT2D eigenvalue weighted by atomic mass is 9.72. The Morgan fingerprint density at radius 1 is 1.44 bits per heavy atom. The van der Waals surface area contributed by atoms with E-state index in [4.69, 9.17) is 4.74 Å². The summed E-state index contributed by atoms with van der Waals surface area (Å²) >= 11 is 0. The molecule has 0 N–H and O–H groups in total. The van der Waals surface area contributed by atoms with Gasteiger partial charge < -0.3 is 4.74 Å². The van der Waals surface area contributed by atoms with E-state index in [1.54, 1.807) is 0 Å². The van der Waals surface area contributed by atoms with Crippen molar-refractivity contribution in [2.45, 2.75) is 32.1 Å². The molecular weight excluding hydrogens is 198 g/mol. The predicted molar refractivity (Wildman–Crippen MR) is 63.3 cm³/mol. The Bertz CT molecular complexity index is 419. The highest BCUT2D eigenvalue weighted by atomic mass is 16.5. The zero-order chi connectivity index (χ0) is 11.6. The van der Waals surface area contributed by atoms with Crippen molar-refractivity contribution in [3.05, 3.63) is 29.8 Å². The molecule has 0 aromatic heterocycles. The van der Waals surface area contributed by atoms with Gasteiger partial charge in [0.1, 0.15) is 5.75 Å². The minimum atomic E-state index is -0.344. The second-order valence-electron chi connectivity index (χ2n) is 4.89. The Kier molecular flexibility index (Phi) is 2.87. The van der Waals surface area contributed by atoms with Gasteiger partial charge >= 0.3 is 0 Å². The fourth-order valence-electron chi connectivity index (χ4n) is 2.53. The summed E-state index contributed by atoms with van der Waals surface area (Å²) in [6.45, 7) is 4.98. The van der Waals surface area contributed by atoms with E-state index in [0.29, 0.717) is 12.5 Å². The van der Waals surface area contributed by atoms with Crippen LogP contribution in [0.2, 0.25) is 0 Å². The molecule has 0 spiro atoms. The topological polar surface area (TPSA) is 33.0 Å². The fourth-order valence-corrected chi connectivity index (χ4v) is 2.53. The van der Waals surface area contributed by atoms with E-state index in [2.05, 4.69) is 19.9 Å². The molecule has 1 aliphatic heterocycles. The first kappa shape index (κ1) is 11.0. The fraction of sp³-hybridized carbons (Fsp3) is 0.500. The van der Waals surface area contributed by atoms with Crippen LogP contribution in [0.5, 0.6) is 5.75 Å². The molecule has 0 fully saturated rings. The van der Waals surface area contributed by atoms with Gasteiger partial charge in [-0.05, 0) is 18.4 Å². The molecule has 1 heterocycles. The summed E-state index contributed by atoms with van der Waals surface area (Å²) in [5.41, 5.74) is 0.723. The molecule has 0 saturated heterocycles. The Labute approximate surface area is 96.9 Å². The van der Waals surface area contributed by atoms with Crippen molar-refractivity contribution < 1.29 is 4.74 Å². The van der Waals surface area contributed by atoms with E-state index >= 15 is 0 Å². The van der Waals surface area contributed by atoms with Crippen molar-refractivity contribution in [3.63, 3.8) is 0 Å². The molecule has 0 radical (unpaired) electrons. The van der Waals surface area contributed by atoms with Crippen LogP contribution < -0.4 is 4.74 Å². The van der Waals surface area contributed by atoms with E-state index in [1.807, 2.05) is 24.3 Å². The number of rotatable bonds is 2. The lowest BCUT2D eigenvalue weighted by Crippen LogP contribution is -2.32. The third-order valence-electron chi connectivity index (χ3n) is 3.16. The number of nitriles is 1. The minimum Gasteiger partial charge on any atom is -0.493 e. The first-order valence-corrected chi connectivity index (χ1v) is 5.81. The van der Waals surface area contributed by atoms with Crippen LogP contribution in [-0.2, 0) is 5.41 Å². The molecule has 1 aromatic carbocycles. The Morgan fingerprint density at radius 2 is 2.19 bits per heavy atom. The molecule has 0 aliphatic carbocycles. The van der Waals surface area contributed by atoms with Crippen molar-refractivity contribution in [1.82, 2.24) is 0 Å². The Morgan fingerprint density at radius 3 is 2.88 bits per heavy atom. The van der Waals surface area contributed by atoms with Crippen molar-refractivity contribution in [2.75, 3.05) is 6.61 Å². The van der Waals surface area contributed by atoms with Gasteiger partial charge in [0.15, 0.2) is 0 Å². The van der Waals surface area contributed by atoms with Crippen molar-refractivity contribution >= 4 is 0 Å². The van der Waals surface area contributed by atoms with Gasteiger partial charge in [0, 0.05) is 12.0 Å². The average molecular weight is 215 g/mol. The summed E-state index contributed by atoms with van der Waals surface area (Å²) in [6, 6.07) is 10.5. The first-order valence-electron chi connectivity index (χ1n) is 5.81. The van der Waals surface area contributed by atoms with Crippen molar-refractivity contribution in [3.8, 4) is 11.8 Å². The summed E-state index contributed by atoms with van der Waals surface area (Å²) < 4.78 is 5.61. The molecule has 1 aromatic rings. The van der Waals surface area contributed by atoms with Gasteiger partial charge in [0.05, 0.1) is 18.1 Å². The Balaban J connectivity index is 2.46. The monoisotopic (exact) mass is 215 g/mol. The van der Waals surface area contributed by atoms with Gasteiger partial charge in [-0.25, -0.2) is 0 Å². The van der Waals surface area contributed by atoms with E-state index in [1.165, 1.54) is 0 Å². The molecule has 1 unspecified atom stereocenters. The maximum absolute atomic E-state index is 9.53. The first-order chi connectivity index (χ1) is 7.68. The second-order valence-corrected chi connectivity index (χ2v) is 4.89. The third kappa shape index (κ3) is 1.78. The number of nitrogens with zero attached hydrogens (tertiary/aromatic N) is 1. The van der Waals surface area contributed by atoms with Crippen LogP contribution in [0.3, 0.4) is 0 Å². The maximum Gasteiger partial charge on any atom is 0.124 e. The highest BCUT2D eigenvalue weighted by Gasteiger charge is 2.38. The molecule has 0 amide bonds. The molecule has 0 bridgehead atoms. The number of ether oxygens (including phenoxy) is 1. The zero-order valence-corrected chi connectivity index (χ0v) is 9.86. The van der Waals surface area contributed by atoms with Gasteiger partial charge in [-0.3, -0.25) is 0 Å². The molecule has 2 rings (SSSR count). The quantitative estimate of drug-likeness (QED) is 0.758. The van der Waals surface area contributed by atoms with Crippen molar-refractivity contribution in [2.24, 2.45) is 5.92 Å². The number of fused-ring (bicyclic) bond motifs is 1. The number of para-hydroxylation sites is 1. The van der Waals surface area contributed by atoms with Crippen LogP contribution in [0.4, 0.5) is 0 Å². The molecule has 2 nitrogen and oxygen atoms in total. The highest BCUT2D eigenvalue weighted by Crippen LogP contribution is 2.42. The van der Waals surface area contributed by atoms with E-state index in [0.717, 1.165) is 24.2 Å². The van der Waals surface area contributed by atoms with E-state index in [-0.39, 0.29) is 5.41 Å². The standard InChI is InChI=1S/C14H17NO/c1-11(2)9-14(10-15)7-8-16-13-6-4-3-5-12(13)14/h3-6,11H,7-9H2,1-2H3. The summed E-state index contributed by atoms with van der Waals surface area (Å²) in [5.74, 6) is 1.40. The molecular formula is C14H17NO. The lowest BCUT2D eigenvalue weighted by molar-refractivity contribution is 0.225. The SMILES string of the molecule is CC(C)CC1(C#N)CCOc2ccccc21. The average Bonchev–Trinajstić information content (AvgIpc) is 2.29. The number of benzene rings is 1. The highest BCUT2D eigenvalue weighted by molar-refractivity contribution is 5.45. The van der Waals surface area contributed by atoms with Crippen LogP contribution in [-0.4, -0.2) is 6.61 Å². The molecule has 84 valence electrons. The van der Waals surface area contributed by atoms with Gasteiger partial charge in [-0.2, -0.15) is 5.26 Å². The summed E-state index contributed by atoms with van der Waals surface area (Å²) in [4.78, 5) is 0. The molecule has 1 aliphatic rings. The van der Waals surface area contributed by atoms with Crippen LogP contribution in [0, 0.1) is 17.2 Å². The summed E-state index contributed by atoms with van der Waals surface area (Å²) in [7, 11) is 0. The van der Waals surface area contributed by atoms with Crippen LogP contribution >= 0.6 is 0 Å². The number of hydrogen-bond donors (Lipinski definition) is 0. The van der Waals surface area contributed by atoms with Crippen molar-refractivity contribution in [1.29, 1.82) is 5.26 Å². The normalized spacial score (nSPS) is 23.4. The molecule has 0 saturated carbocycles. The Hall–Kier alpha value is -1.49. The van der Waals surface area contributed by atoms with Gasteiger partial charge in [-0.15, -0.1) is 0 Å². The molecule has 1 atom stereocenters. The van der Waals surface area contributed by atoms with Crippen LogP contribution in [0.15, 0.2) is 24.3 Å². The molecule has 2 heteroatoms. The van der Waals surface area contributed by atoms with E-state index in [9.17, 15) is 5.26 Å².